The number of rotatable bonds is 3. The van der Waals surface area contributed by atoms with Crippen molar-refractivity contribution in [3.63, 3.8) is 0 Å². The molecule has 7 heteroatoms. The molecular formula is C10H17NO5S. The van der Waals surface area contributed by atoms with Crippen LogP contribution in [0.15, 0.2) is 0 Å². The van der Waals surface area contributed by atoms with Crippen molar-refractivity contribution in [3.05, 3.63) is 0 Å². The lowest BCUT2D eigenvalue weighted by atomic mass is 9.83. The Morgan fingerprint density at radius 1 is 1.47 bits per heavy atom. The van der Waals surface area contributed by atoms with Gasteiger partial charge in [-0.3, -0.25) is 4.18 Å². The molecule has 1 spiro atoms. The largest absolute Gasteiger partial charge is 0.441 e. The minimum Gasteiger partial charge on any atom is -0.441 e. The van der Waals surface area contributed by atoms with Gasteiger partial charge in [0.25, 0.3) is 10.1 Å². The standard InChI is InChI=1S/C10H17NO5S/c1-2-17(13,14)16-8-3-5-10(6-4-8)7-11-9(12)15-10/h8H,2-7H2,1H3,(H,11,12). The summed E-state index contributed by atoms with van der Waals surface area (Å²) >= 11 is 0. The predicted octanol–water partition coefficient (Wildman–Crippen LogP) is 0.774. The highest BCUT2D eigenvalue weighted by Crippen LogP contribution is 2.35. The lowest BCUT2D eigenvalue weighted by molar-refractivity contribution is -0.00328. The Balaban J connectivity index is 1.88. The summed E-state index contributed by atoms with van der Waals surface area (Å²) in [6, 6.07) is 0. The quantitative estimate of drug-likeness (QED) is 0.761. The van der Waals surface area contributed by atoms with Crippen LogP contribution in [0.2, 0.25) is 0 Å². The van der Waals surface area contributed by atoms with Crippen molar-refractivity contribution in [3.8, 4) is 0 Å². The first kappa shape index (κ1) is 12.6. The van der Waals surface area contributed by atoms with Crippen LogP contribution in [0.3, 0.4) is 0 Å². The summed E-state index contributed by atoms with van der Waals surface area (Å²) in [4.78, 5) is 11.0. The van der Waals surface area contributed by atoms with Gasteiger partial charge in [0.2, 0.25) is 0 Å². The van der Waals surface area contributed by atoms with Gasteiger partial charge >= 0.3 is 6.09 Å². The van der Waals surface area contributed by atoms with Gasteiger partial charge in [-0.2, -0.15) is 8.42 Å². The van der Waals surface area contributed by atoms with E-state index in [-0.39, 0.29) is 18.0 Å². The minimum absolute atomic E-state index is 0.00875. The van der Waals surface area contributed by atoms with Gasteiger partial charge in [-0.05, 0) is 32.6 Å². The van der Waals surface area contributed by atoms with Crippen molar-refractivity contribution in [1.29, 1.82) is 0 Å². The van der Waals surface area contributed by atoms with E-state index < -0.39 is 15.7 Å². The lowest BCUT2D eigenvalue weighted by Gasteiger charge is -2.34. The molecule has 1 saturated carbocycles. The zero-order valence-corrected chi connectivity index (χ0v) is 10.6. The van der Waals surface area contributed by atoms with E-state index in [0.29, 0.717) is 32.2 Å². The summed E-state index contributed by atoms with van der Waals surface area (Å²) < 4.78 is 32.9. The SMILES string of the molecule is CCS(=O)(=O)OC1CCC2(CC1)CNC(=O)O2. The summed E-state index contributed by atoms with van der Waals surface area (Å²) in [7, 11) is -3.39. The molecule has 1 heterocycles. The van der Waals surface area contributed by atoms with Gasteiger partial charge in [-0.1, -0.05) is 0 Å². The van der Waals surface area contributed by atoms with Crippen LogP contribution in [0.25, 0.3) is 0 Å². The maximum absolute atomic E-state index is 11.3. The third kappa shape index (κ3) is 2.90. The van der Waals surface area contributed by atoms with Crippen molar-refractivity contribution in [1.82, 2.24) is 5.32 Å². The Hall–Kier alpha value is -0.820. The van der Waals surface area contributed by atoms with Gasteiger partial charge in [0.05, 0.1) is 18.4 Å². The van der Waals surface area contributed by atoms with Gasteiger partial charge in [-0.25, -0.2) is 4.79 Å². The highest BCUT2D eigenvalue weighted by Gasteiger charge is 2.44. The van der Waals surface area contributed by atoms with Crippen molar-refractivity contribution in [2.45, 2.75) is 44.3 Å². The average Bonchev–Trinajstić information content (AvgIpc) is 2.64. The fraction of sp³-hybridized carbons (Fsp3) is 0.900. The van der Waals surface area contributed by atoms with Crippen molar-refractivity contribution < 1.29 is 22.1 Å². The number of carbonyl (C=O) groups is 1. The molecule has 1 aliphatic carbocycles. The van der Waals surface area contributed by atoms with E-state index in [1.54, 1.807) is 6.92 Å². The number of hydrogen-bond donors (Lipinski definition) is 1. The van der Waals surface area contributed by atoms with E-state index in [2.05, 4.69) is 5.32 Å². The van der Waals surface area contributed by atoms with Crippen molar-refractivity contribution in [2.24, 2.45) is 0 Å². The summed E-state index contributed by atoms with van der Waals surface area (Å²) in [6.07, 6.45) is 1.85. The molecule has 2 fully saturated rings. The fourth-order valence-corrected chi connectivity index (χ4v) is 3.01. The number of amides is 1. The molecule has 1 saturated heterocycles. The Morgan fingerprint density at radius 2 is 2.12 bits per heavy atom. The predicted molar refractivity (Wildman–Crippen MR) is 60.0 cm³/mol. The van der Waals surface area contributed by atoms with Gasteiger partial charge in [-0.15, -0.1) is 0 Å². The van der Waals surface area contributed by atoms with E-state index in [1.807, 2.05) is 0 Å². The monoisotopic (exact) mass is 263 g/mol. The third-order valence-electron chi connectivity index (χ3n) is 3.34. The highest BCUT2D eigenvalue weighted by atomic mass is 32.2. The third-order valence-corrected chi connectivity index (χ3v) is 4.62. The Labute approximate surface area is 101 Å². The summed E-state index contributed by atoms with van der Waals surface area (Å²) in [5, 5.41) is 2.63. The smallest absolute Gasteiger partial charge is 0.407 e. The number of hydrogen-bond acceptors (Lipinski definition) is 5. The van der Waals surface area contributed by atoms with Crippen LogP contribution in [0, 0.1) is 0 Å². The molecule has 0 atom stereocenters. The first-order valence-corrected chi connectivity index (χ1v) is 7.40. The highest BCUT2D eigenvalue weighted by molar-refractivity contribution is 7.86. The maximum atomic E-state index is 11.3. The topological polar surface area (TPSA) is 81.7 Å². The zero-order valence-electron chi connectivity index (χ0n) is 9.77. The molecule has 2 aliphatic rings. The lowest BCUT2D eigenvalue weighted by Crippen LogP contribution is -2.40. The molecular weight excluding hydrogens is 246 g/mol. The van der Waals surface area contributed by atoms with Crippen LogP contribution in [0.4, 0.5) is 4.79 Å². The van der Waals surface area contributed by atoms with Crippen LogP contribution in [-0.2, 0) is 19.0 Å². The minimum atomic E-state index is -3.39. The fourth-order valence-electron chi connectivity index (χ4n) is 2.27. The Kier molecular flexibility index (Phi) is 3.31. The van der Waals surface area contributed by atoms with Crippen molar-refractivity contribution >= 4 is 16.2 Å². The van der Waals surface area contributed by atoms with Crippen LogP contribution in [0.1, 0.15) is 32.6 Å². The molecule has 1 aliphatic heterocycles. The van der Waals surface area contributed by atoms with E-state index >= 15 is 0 Å². The van der Waals surface area contributed by atoms with Crippen LogP contribution in [-0.4, -0.2) is 38.5 Å². The molecule has 1 N–H and O–H groups in total. The normalized spacial score (nSPS) is 33.5. The molecule has 0 bridgehead atoms. The molecule has 0 aromatic heterocycles. The van der Waals surface area contributed by atoms with E-state index in [9.17, 15) is 13.2 Å². The van der Waals surface area contributed by atoms with Gasteiger partial charge in [0.1, 0.15) is 5.60 Å². The molecule has 0 unspecified atom stereocenters. The number of ether oxygens (including phenoxy) is 1. The Morgan fingerprint density at radius 3 is 2.59 bits per heavy atom. The van der Waals surface area contributed by atoms with E-state index in [0.717, 1.165) is 0 Å². The average molecular weight is 263 g/mol. The van der Waals surface area contributed by atoms with Gasteiger partial charge < -0.3 is 10.1 Å². The van der Waals surface area contributed by atoms with Gasteiger partial charge in [0.15, 0.2) is 0 Å². The van der Waals surface area contributed by atoms with Crippen LogP contribution in [0.5, 0.6) is 0 Å². The molecule has 0 radical (unpaired) electrons. The second kappa shape index (κ2) is 4.45. The molecule has 1 amide bonds. The molecule has 0 aromatic rings. The number of carbonyl (C=O) groups excluding carboxylic acids is 1. The van der Waals surface area contributed by atoms with Crippen LogP contribution < -0.4 is 5.32 Å². The zero-order chi connectivity index (χ0) is 12.5. The van der Waals surface area contributed by atoms with E-state index in [4.69, 9.17) is 8.92 Å². The molecule has 17 heavy (non-hydrogen) atoms. The number of nitrogens with one attached hydrogen (secondary N) is 1. The maximum Gasteiger partial charge on any atom is 0.407 e. The second-order valence-corrected chi connectivity index (χ2v) is 6.45. The summed E-state index contributed by atoms with van der Waals surface area (Å²) in [6.45, 7) is 2.07. The van der Waals surface area contributed by atoms with Crippen molar-refractivity contribution in [2.75, 3.05) is 12.3 Å². The second-order valence-electron chi connectivity index (χ2n) is 4.57. The molecule has 6 nitrogen and oxygen atoms in total. The first-order valence-electron chi connectivity index (χ1n) is 5.82. The van der Waals surface area contributed by atoms with Gasteiger partial charge in [0, 0.05) is 0 Å². The molecule has 98 valence electrons. The molecule has 0 aromatic carbocycles. The Bertz CT molecular complexity index is 397. The van der Waals surface area contributed by atoms with E-state index in [1.165, 1.54) is 0 Å². The number of alkyl carbamates (subject to hydrolysis) is 1. The summed E-state index contributed by atoms with van der Waals surface area (Å²) in [5.74, 6) is -0.00875. The summed E-state index contributed by atoms with van der Waals surface area (Å²) in [5.41, 5.74) is -0.438. The first-order chi connectivity index (χ1) is 7.95. The van der Waals surface area contributed by atoms with Crippen LogP contribution >= 0.6 is 0 Å². The molecule has 2 rings (SSSR count).